The maximum atomic E-state index is 6.61. The minimum absolute atomic E-state index is 0.214. The molecule has 0 spiro atoms. The van der Waals surface area contributed by atoms with E-state index in [0.717, 1.165) is 21.3 Å². The summed E-state index contributed by atoms with van der Waals surface area (Å²) in [4.78, 5) is 0. The molecule has 0 N–H and O–H groups in total. The van der Waals surface area contributed by atoms with Crippen molar-refractivity contribution in [1.82, 2.24) is 0 Å². The van der Waals surface area contributed by atoms with E-state index < -0.39 is 0 Å². The van der Waals surface area contributed by atoms with Crippen molar-refractivity contribution in [2.24, 2.45) is 0 Å². The van der Waals surface area contributed by atoms with Gasteiger partial charge in [0.15, 0.2) is 0 Å². The molecule has 2 aromatic carbocycles. The molecule has 0 bridgehead atoms. The number of benzene rings is 2. The summed E-state index contributed by atoms with van der Waals surface area (Å²) in [6, 6.07) is 14.1. The molecule has 19 heavy (non-hydrogen) atoms. The van der Waals surface area contributed by atoms with Crippen LogP contribution in [0.15, 0.2) is 46.9 Å². The fourth-order valence-corrected chi connectivity index (χ4v) is 3.10. The molecule has 1 unspecified atom stereocenters. The Hall–Kier alpha value is -0.260. The van der Waals surface area contributed by atoms with Gasteiger partial charge in [0.25, 0.3) is 0 Å². The lowest BCUT2D eigenvalue weighted by molar-refractivity contribution is 0.337. The van der Waals surface area contributed by atoms with Gasteiger partial charge in [-0.2, -0.15) is 0 Å². The Bertz CT molecular complexity index is 574. The van der Waals surface area contributed by atoms with Crippen molar-refractivity contribution in [1.29, 1.82) is 0 Å². The second kappa shape index (κ2) is 6.95. The first-order chi connectivity index (χ1) is 9.11. The van der Waals surface area contributed by atoms with Crippen LogP contribution < -0.4 is 4.74 Å². The van der Waals surface area contributed by atoms with E-state index in [1.807, 2.05) is 37.3 Å². The third kappa shape index (κ3) is 3.86. The third-order valence-corrected chi connectivity index (χ3v) is 4.34. The van der Waals surface area contributed by atoms with E-state index >= 15 is 0 Å². The molecule has 0 aromatic heterocycles. The van der Waals surface area contributed by atoms with Crippen LogP contribution in [-0.2, 0) is 0 Å². The summed E-state index contributed by atoms with van der Waals surface area (Å²) >= 11 is 12.4. The predicted molar refractivity (Wildman–Crippen MR) is 92.2 cm³/mol. The van der Waals surface area contributed by atoms with Crippen LogP contribution in [0.25, 0.3) is 0 Å². The van der Waals surface area contributed by atoms with Gasteiger partial charge in [-0.3, -0.25) is 0 Å². The average molecular weight is 452 g/mol. The summed E-state index contributed by atoms with van der Waals surface area (Å²) in [5, 5.41) is -0.214. The Balaban J connectivity index is 2.42. The zero-order valence-corrected chi connectivity index (χ0v) is 14.9. The number of alkyl halides is 1. The Morgan fingerprint density at radius 3 is 2.74 bits per heavy atom. The topological polar surface area (TPSA) is 9.23 Å². The van der Waals surface area contributed by atoms with Crippen molar-refractivity contribution < 1.29 is 4.74 Å². The molecule has 0 fully saturated rings. The highest BCUT2D eigenvalue weighted by Gasteiger charge is 2.16. The second-order valence-electron chi connectivity index (χ2n) is 4.03. The zero-order valence-electron chi connectivity index (χ0n) is 10.4. The minimum Gasteiger partial charge on any atom is -0.494 e. The molecule has 0 radical (unpaired) electrons. The van der Waals surface area contributed by atoms with E-state index in [4.69, 9.17) is 16.3 Å². The lowest BCUT2D eigenvalue weighted by Crippen LogP contribution is -2.00. The number of rotatable bonds is 4. The molecule has 0 saturated heterocycles. The Morgan fingerprint density at radius 1 is 1.26 bits per heavy atom. The number of hydrogen-bond acceptors (Lipinski definition) is 1. The maximum absolute atomic E-state index is 6.61. The van der Waals surface area contributed by atoms with Crippen LogP contribution in [0.4, 0.5) is 0 Å². The van der Waals surface area contributed by atoms with E-state index in [2.05, 4.69) is 50.7 Å². The summed E-state index contributed by atoms with van der Waals surface area (Å²) in [5.74, 6) is 0.838. The highest BCUT2D eigenvalue weighted by Crippen LogP contribution is 2.37. The number of halogens is 3. The summed E-state index contributed by atoms with van der Waals surface area (Å²) in [5.41, 5.74) is 2.06. The Morgan fingerprint density at radius 2 is 2.05 bits per heavy atom. The fraction of sp³-hybridized carbons (Fsp3) is 0.200. The predicted octanol–water partition coefficient (Wildman–Crippen LogP) is 5.78. The SMILES string of the molecule is CCOc1ccc(Br)cc1C(Cl)c1cccc(I)c1. The first-order valence-corrected chi connectivity index (χ1v) is 8.24. The van der Waals surface area contributed by atoms with E-state index in [9.17, 15) is 0 Å². The lowest BCUT2D eigenvalue weighted by atomic mass is 10.0. The van der Waals surface area contributed by atoms with Crippen molar-refractivity contribution in [2.75, 3.05) is 6.61 Å². The van der Waals surface area contributed by atoms with E-state index in [-0.39, 0.29) is 5.38 Å². The average Bonchev–Trinajstić information content (AvgIpc) is 2.40. The molecular formula is C15H13BrClIO. The van der Waals surface area contributed by atoms with Crippen LogP contribution >= 0.6 is 50.1 Å². The summed E-state index contributed by atoms with van der Waals surface area (Å²) in [6.45, 7) is 2.60. The van der Waals surface area contributed by atoms with Gasteiger partial charge in [0, 0.05) is 13.6 Å². The van der Waals surface area contributed by atoms with Crippen LogP contribution in [0.1, 0.15) is 23.4 Å². The van der Waals surface area contributed by atoms with Gasteiger partial charge in [-0.05, 0) is 65.4 Å². The molecule has 1 atom stereocenters. The first kappa shape index (κ1) is 15.1. The molecule has 0 heterocycles. The second-order valence-corrected chi connectivity index (χ2v) is 6.63. The smallest absolute Gasteiger partial charge is 0.124 e. The van der Waals surface area contributed by atoms with Crippen LogP contribution in [0, 0.1) is 3.57 Å². The van der Waals surface area contributed by atoms with Crippen molar-refractivity contribution in [3.8, 4) is 5.75 Å². The quantitative estimate of drug-likeness (QED) is 0.423. The molecule has 0 aliphatic rings. The summed E-state index contributed by atoms with van der Waals surface area (Å²) in [6.07, 6.45) is 0. The van der Waals surface area contributed by atoms with Gasteiger partial charge >= 0.3 is 0 Å². The van der Waals surface area contributed by atoms with Crippen LogP contribution in [0.5, 0.6) is 5.75 Å². The van der Waals surface area contributed by atoms with E-state index in [1.54, 1.807) is 0 Å². The molecule has 100 valence electrons. The van der Waals surface area contributed by atoms with Crippen molar-refractivity contribution in [3.05, 3.63) is 61.6 Å². The molecule has 0 aliphatic carbocycles. The lowest BCUT2D eigenvalue weighted by Gasteiger charge is -2.16. The highest BCUT2D eigenvalue weighted by molar-refractivity contribution is 14.1. The van der Waals surface area contributed by atoms with E-state index in [0.29, 0.717) is 6.61 Å². The molecule has 0 aliphatic heterocycles. The molecule has 2 aromatic rings. The van der Waals surface area contributed by atoms with Gasteiger partial charge in [0.1, 0.15) is 5.75 Å². The summed E-state index contributed by atoms with van der Waals surface area (Å²) < 4.78 is 7.83. The van der Waals surface area contributed by atoms with Gasteiger partial charge in [0.05, 0.1) is 12.0 Å². The standard InChI is InChI=1S/C15H13BrClIO/c1-2-19-14-7-6-11(16)9-13(14)15(17)10-4-3-5-12(18)8-10/h3-9,15H,2H2,1H3. The summed E-state index contributed by atoms with van der Waals surface area (Å²) in [7, 11) is 0. The molecular weight excluding hydrogens is 438 g/mol. The van der Waals surface area contributed by atoms with Crippen LogP contribution in [0.2, 0.25) is 0 Å². The maximum Gasteiger partial charge on any atom is 0.124 e. The first-order valence-electron chi connectivity index (χ1n) is 5.93. The van der Waals surface area contributed by atoms with Crippen molar-refractivity contribution in [2.45, 2.75) is 12.3 Å². The third-order valence-electron chi connectivity index (χ3n) is 2.69. The van der Waals surface area contributed by atoms with Gasteiger partial charge in [0.2, 0.25) is 0 Å². The molecule has 1 nitrogen and oxygen atoms in total. The number of hydrogen-bond donors (Lipinski definition) is 0. The van der Waals surface area contributed by atoms with Gasteiger partial charge in [-0.15, -0.1) is 11.6 Å². The van der Waals surface area contributed by atoms with Gasteiger partial charge in [-0.1, -0.05) is 28.1 Å². The van der Waals surface area contributed by atoms with Crippen LogP contribution in [-0.4, -0.2) is 6.61 Å². The molecule has 0 saturated carbocycles. The van der Waals surface area contributed by atoms with Gasteiger partial charge in [-0.25, -0.2) is 0 Å². The van der Waals surface area contributed by atoms with Gasteiger partial charge < -0.3 is 4.74 Å². The zero-order chi connectivity index (χ0) is 13.8. The van der Waals surface area contributed by atoms with Crippen molar-refractivity contribution in [3.63, 3.8) is 0 Å². The monoisotopic (exact) mass is 450 g/mol. The fourth-order valence-electron chi connectivity index (χ4n) is 1.85. The minimum atomic E-state index is -0.214. The normalized spacial score (nSPS) is 12.2. The Kier molecular flexibility index (Phi) is 5.54. The number of ether oxygens (including phenoxy) is 1. The van der Waals surface area contributed by atoms with Crippen molar-refractivity contribution >= 4 is 50.1 Å². The molecule has 4 heteroatoms. The Labute approximate surface area is 140 Å². The van der Waals surface area contributed by atoms with E-state index in [1.165, 1.54) is 3.57 Å². The largest absolute Gasteiger partial charge is 0.494 e. The molecule has 2 rings (SSSR count). The molecule has 0 amide bonds. The van der Waals surface area contributed by atoms with Crippen LogP contribution in [0.3, 0.4) is 0 Å². The highest BCUT2D eigenvalue weighted by atomic mass is 127.